The highest BCUT2D eigenvalue weighted by Crippen LogP contribution is 2.39. The summed E-state index contributed by atoms with van der Waals surface area (Å²) in [7, 11) is 0. The Bertz CT molecular complexity index is 667. The fraction of sp³-hybridized carbons (Fsp3) is 0.409. The van der Waals surface area contributed by atoms with E-state index >= 15 is 0 Å². The molecule has 1 aliphatic rings. The zero-order valence-electron chi connectivity index (χ0n) is 16.0. The minimum Gasteiger partial charge on any atom is -0.331 e. The molecule has 1 fully saturated rings. The van der Waals surface area contributed by atoms with Gasteiger partial charge in [0.1, 0.15) is 0 Å². The molecule has 25 heavy (non-hydrogen) atoms. The van der Waals surface area contributed by atoms with Crippen molar-refractivity contribution >= 4 is 6.03 Å². The van der Waals surface area contributed by atoms with Gasteiger partial charge >= 0.3 is 6.03 Å². The van der Waals surface area contributed by atoms with Gasteiger partial charge in [0.15, 0.2) is 0 Å². The number of urea groups is 1. The van der Waals surface area contributed by atoms with Crippen LogP contribution in [0.25, 0.3) is 0 Å². The summed E-state index contributed by atoms with van der Waals surface area (Å²) in [5.74, 6) is 0. The first-order valence-electron chi connectivity index (χ1n) is 9.16. The minimum absolute atomic E-state index is 0.00883. The number of hydrogen-bond acceptors (Lipinski definition) is 1. The summed E-state index contributed by atoms with van der Waals surface area (Å²) in [4.78, 5) is 14.6. The molecule has 2 aromatic rings. The van der Waals surface area contributed by atoms with E-state index in [0.29, 0.717) is 0 Å². The maximum Gasteiger partial charge on any atom is 0.318 e. The number of rotatable bonds is 3. The molecule has 1 unspecified atom stereocenters. The average molecular weight is 338 g/mol. The van der Waals surface area contributed by atoms with Gasteiger partial charge in [-0.1, -0.05) is 88.4 Å². The molecule has 134 valence electrons. The van der Waals surface area contributed by atoms with Crippen molar-refractivity contribution in [3.63, 3.8) is 0 Å². The van der Waals surface area contributed by atoms with Crippen LogP contribution in [0.4, 0.5) is 4.79 Å². The van der Waals surface area contributed by atoms with Gasteiger partial charge in [0.2, 0.25) is 0 Å². The van der Waals surface area contributed by atoms with Gasteiger partial charge in [0, 0.05) is 12.0 Å². The smallest absolute Gasteiger partial charge is 0.318 e. The second kappa shape index (κ2) is 8.19. The summed E-state index contributed by atoms with van der Waals surface area (Å²) in [6.45, 7) is 11.3. The van der Waals surface area contributed by atoms with Crippen LogP contribution in [-0.4, -0.2) is 17.5 Å². The van der Waals surface area contributed by atoms with Crippen molar-refractivity contribution in [3.05, 3.63) is 71.8 Å². The molecule has 0 aromatic heterocycles. The number of nitrogens with zero attached hydrogens (tertiary/aromatic N) is 1. The van der Waals surface area contributed by atoms with E-state index in [1.54, 1.807) is 0 Å². The second-order valence-corrected chi connectivity index (χ2v) is 7.00. The molecule has 0 saturated carbocycles. The lowest BCUT2D eigenvalue weighted by Gasteiger charge is -2.47. The number of benzene rings is 2. The molecule has 2 amide bonds. The van der Waals surface area contributed by atoms with Crippen molar-refractivity contribution in [2.24, 2.45) is 5.41 Å². The SMILES string of the molecule is CC.C[C@H](c1ccccc1)N1CC(C)(C)C(c2ccccc2)NC1=O. The Morgan fingerprint density at radius 1 is 1.00 bits per heavy atom. The summed E-state index contributed by atoms with van der Waals surface area (Å²) in [6, 6.07) is 20.5. The molecule has 1 N–H and O–H groups in total. The first-order valence-corrected chi connectivity index (χ1v) is 9.16. The second-order valence-electron chi connectivity index (χ2n) is 7.00. The summed E-state index contributed by atoms with van der Waals surface area (Å²) < 4.78 is 0. The van der Waals surface area contributed by atoms with Gasteiger partial charge in [-0.25, -0.2) is 4.79 Å². The van der Waals surface area contributed by atoms with Crippen LogP contribution in [0.5, 0.6) is 0 Å². The molecule has 0 aliphatic carbocycles. The number of amides is 2. The minimum atomic E-state index is -0.0433. The van der Waals surface area contributed by atoms with E-state index in [1.807, 2.05) is 55.1 Å². The summed E-state index contributed by atoms with van der Waals surface area (Å²) in [5.41, 5.74) is 2.28. The standard InChI is InChI=1S/C20H24N2O.C2H6/c1-15(16-10-6-4-7-11-16)22-14-20(2,3)18(21-19(22)23)17-12-8-5-9-13-17;1-2/h4-13,15,18H,14H2,1-3H3,(H,21,23);1-2H3/t15-,18?;/m1./s1. The van der Waals surface area contributed by atoms with E-state index in [2.05, 4.69) is 50.4 Å². The molecule has 1 aliphatic heterocycles. The van der Waals surface area contributed by atoms with Crippen LogP contribution in [0.15, 0.2) is 60.7 Å². The van der Waals surface area contributed by atoms with Gasteiger partial charge in [-0.2, -0.15) is 0 Å². The van der Waals surface area contributed by atoms with Crippen molar-refractivity contribution in [2.75, 3.05) is 6.54 Å². The van der Waals surface area contributed by atoms with Gasteiger partial charge in [0.05, 0.1) is 12.1 Å². The highest BCUT2D eigenvalue weighted by atomic mass is 16.2. The predicted molar refractivity (Wildman–Crippen MR) is 104 cm³/mol. The highest BCUT2D eigenvalue weighted by molar-refractivity contribution is 5.76. The Labute approximate surface area is 152 Å². The van der Waals surface area contributed by atoms with Crippen LogP contribution < -0.4 is 5.32 Å². The van der Waals surface area contributed by atoms with Crippen LogP contribution in [-0.2, 0) is 0 Å². The van der Waals surface area contributed by atoms with Crippen molar-refractivity contribution in [1.29, 1.82) is 0 Å². The Morgan fingerprint density at radius 3 is 2.08 bits per heavy atom. The summed E-state index contributed by atoms with van der Waals surface area (Å²) in [6.07, 6.45) is 0. The quantitative estimate of drug-likeness (QED) is 0.780. The predicted octanol–water partition coefficient (Wildman–Crippen LogP) is 5.57. The first-order chi connectivity index (χ1) is 12.0. The topological polar surface area (TPSA) is 32.3 Å². The molecule has 2 aromatic carbocycles. The number of nitrogens with one attached hydrogen (secondary N) is 1. The zero-order valence-corrected chi connectivity index (χ0v) is 16.0. The molecular formula is C22H30N2O. The molecule has 1 saturated heterocycles. The number of hydrogen-bond donors (Lipinski definition) is 1. The molecule has 3 nitrogen and oxygen atoms in total. The van der Waals surface area contributed by atoms with Crippen molar-refractivity contribution in [2.45, 2.75) is 46.7 Å². The lowest BCUT2D eigenvalue weighted by atomic mass is 9.78. The average Bonchev–Trinajstić information content (AvgIpc) is 2.66. The zero-order chi connectivity index (χ0) is 18.4. The van der Waals surface area contributed by atoms with Crippen LogP contribution >= 0.6 is 0 Å². The van der Waals surface area contributed by atoms with E-state index in [4.69, 9.17) is 0 Å². The van der Waals surface area contributed by atoms with Gasteiger partial charge < -0.3 is 10.2 Å². The normalized spacial score (nSPS) is 20.1. The van der Waals surface area contributed by atoms with E-state index in [0.717, 1.165) is 17.7 Å². The third-order valence-corrected chi connectivity index (χ3v) is 4.77. The molecule has 0 bridgehead atoms. The maximum atomic E-state index is 12.7. The lowest BCUT2D eigenvalue weighted by Crippen LogP contribution is -2.56. The number of carbonyl (C=O) groups excluding carboxylic acids is 1. The molecule has 0 radical (unpaired) electrons. The largest absolute Gasteiger partial charge is 0.331 e. The fourth-order valence-corrected chi connectivity index (χ4v) is 3.41. The highest BCUT2D eigenvalue weighted by Gasteiger charge is 2.41. The maximum absolute atomic E-state index is 12.7. The van der Waals surface area contributed by atoms with Gasteiger partial charge in [0.25, 0.3) is 0 Å². The van der Waals surface area contributed by atoms with E-state index in [9.17, 15) is 4.79 Å². The van der Waals surface area contributed by atoms with Crippen LogP contribution in [0.2, 0.25) is 0 Å². The third kappa shape index (κ3) is 4.22. The van der Waals surface area contributed by atoms with Gasteiger partial charge in [-0.3, -0.25) is 0 Å². The lowest BCUT2D eigenvalue weighted by molar-refractivity contribution is 0.0836. The first kappa shape index (κ1) is 19.0. The molecule has 2 atom stereocenters. The van der Waals surface area contributed by atoms with Crippen LogP contribution in [0, 0.1) is 5.41 Å². The van der Waals surface area contributed by atoms with E-state index in [1.165, 1.54) is 0 Å². The Balaban J connectivity index is 0.00000109. The number of carbonyl (C=O) groups is 1. The van der Waals surface area contributed by atoms with E-state index < -0.39 is 0 Å². The van der Waals surface area contributed by atoms with Crippen molar-refractivity contribution < 1.29 is 4.79 Å². The molecule has 3 rings (SSSR count). The Hall–Kier alpha value is -2.29. The third-order valence-electron chi connectivity index (χ3n) is 4.77. The molecule has 1 heterocycles. The van der Waals surface area contributed by atoms with Crippen LogP contribution in [0.3, 0.4) is 0 Å². The Kier molecular flexibility index (Phi) is 6.24. The summed E-state index contributed by atoms with van der Waals surface area (Å²) >= 11 is 0. The molecule has 3 heteroatoms. The summed E-state index contributed by atoms with van der Waals surface area (Å²) in [5, 5.41) is 3.21. The van der Waals surface area contributed by atoms with Crippen LogP contribution in [0.1, 0.15) is 57.8 Å². The monoisotopic (exact) mass is 338 g/mol. The molecular weight excluding hydrogens is 308 g/mol. The molecule has 0 spiro atoms. The van der Waals surface area contributed by atoms with Crippen molar-refractivity contribution in [3.8, 4) is 0 Å². The van der Waals surface area contributed by atoms with Crippen molar-refractivity contribution in [1.82, 2.24) is 10.2 Å². The van der Waals surface area contributed by atoms with Gasteiger partial charge in [-0.05, 0) is 18.1 Å². The fourth-order valence-electron chi connectivity index (χ4n) is 3.41. The van der Waals surface area contributed by atoms with Gasteiger partial charge in [-0.15, -0.1) is 0 Å². The van der Waals surface area contributed by atoms with E-state index in [-0.39, 0.29) is 23.5 Å². The Morgan fingerprint density at radius 2 is 1.52 bits per heavy atom.